The van der Waals surface area contributed by atoms with E-state index in [4.69, 9.17) is 9.47 Å². The molecule has 0 aliphatic carbocycles. The zero-order chi connectivity index (χ0) is 20.8. The Labute approximate surface area is 170 Å². The molecule has 1 heterocycles. The summed E-state index contributed by atoms with van der Waals surface area (Å²) in [6, 6.07) is 16.5. The van der Waals surface area contributed by atoms with Crippen LogP contribution in [0.1, 0.15) is 32.4 Å². The van der Waals surface area contributed by atoms with Crippen molar-refractivity contribution >= 4 is 11.8 Å². The molecule has 0 saturated carbocycles. The van der Waals surface area contributed by atoms with Crippen molar-refractivity contribution < 1.29 is 14.3 Å². The second-order valence-corrected chi connectivity index (χ2v) is 6.88. The number of para-hydroxylation sites is 1. The number of hydrogen-bond acceptors (Lipinski definition) is 4. The van der Waals surface area contributed by atoms with E-state index < -0.39 is 0 Å². The monoisotopic (exact) mass is 394 g/mol. The van der Waals surface area contributed by atoms with Crippen LogP contribution in [0.4, 0.5) is 10.6 Å². The largest absolute Gasteiger partial charge is 0.493 e. The van der Waals surface area contributed by atoms with E-state index in [0.29, 0.717) is 17.3 Å². The molecular weight excluding hydrogens is 368 g/mol. The topological polar surface area (TPSA) is 77.4 Å². The van der Waals surface area contributed by atoms with Gasteiger partial charge in [-0.3, -0.25) is 5.32 Å². The van der Waals surface area contributed by atoms with Crippen LogP contribution < -0.4 is 20.1 Å². The van der Waals surface area contributed by atoms with Crippen LogP contribution in [-0.2, 0) is 0 Å². The van der Waals surface area contributed by atoms with Gasteiger partial charge in [0.25, 0.3) is 0 Å². The van der Waals surface area contributed by atoms with Gasteiger partial charge in [0.05, 0.1) is 24.9 Å². The van der Waals surface area contributed by atoms with Gasteiger partial charge in [-0.05, 0) is 50.6 Å². The van der Waals surface area contributed by atoms with Gasteiger partial charge in [-0.25, -0.2) is 9.48 Å². The van der Waals surface area contributed by atoms with E-state index in [0.717, 1.165) is 11.3 Å². The predicted molar refractivity (Wildman–Crippen MR) is 113 cm³/mol. The van der Waals surface area contributed by atoms with Gasteiger partial charge >= 0.3 is 6.03 Å². The molecule has 3 rings (SSSR count). The number of anilines is 1. The number of carbonyl (C=O) groups excluding carboxylic acids is 1. The highest BCUT2D eigenvalue weighted by Crippen LogP contribution is 2.31. The van der Waals surface area contributed by atoms with E-state index in [9.17, 15) is 4.79 Å². The average Bonchev–Trinajstić information content (AvgIpc) is 3.16. The van der Waals surface area contributed by atoms with Crippen LogP contribution in [0.25, 0.3) is 5.69 Å². The predicted octanol–water partition coefficient (Wildman–Crippen LogP) is 4.55. The molecule has 0 bridgehead atoms. The summed E-state index contributed by atoms with van der Waals surface area (Å²) in [5.41, 5.74) is 1.83. The fourth-order valence-corrected chi connectivity index (χ4v) is 2.85. The molecule has 0 saturated heterocycles. The van der Waals surface area contributed by atoms with Crippen molar-refractivity contribution in [3.63, 3.8) is 0 Å². The Morgan fingerprint density at radius 3 is 2.48 bits per heavy atom. The van der Waals surface area contributed by atoms with E-state index in [-0.39, 0.29) is 18.2 Å². The Morgan fingerprint density at radius 1 is 1.03 bits per heavy atom. The first-order valence-electron chi connectivity index (χ1n) is 9.49. The van der Waals surface area contributed by atoms with E-state index in [2.05, 4.69) is 15.7 Å². The number of hydrogen-bond donors (Lipinski definition) is 2. The van der Waals surface area contributed by atoms with Gasteiger partial charge in [-0.2, -0.15) is 0 Å². The average molecular weight is 394 g/mol. The maximum absolute atomic E-state index is 12.4. The molecule has 29 heavy (non-hydrogen) atoms. The summed E-state index contributed by atoms with van der Waals surface area (Å²) in [6.07, 6.45) is 1.85. The summed E-state index contributed by atoms with van der Waals surface area (Å²) in [4.78, 5) is 12.4. The SMILES string of the molecule is COc1cc([C@H](C)NC(=O)Nc2ccn(-c3ccccc3)n2)ccc1OC(C)C. The second kappa shape index (κ2) is 9.14. The summed E-state index contributed by atoms with van der Waals surface area (Å²) in [5.74, 6) is 1.78. The lowest BCUT2D eigenvalue weighted by Gasteiger charge is -2.18. The summed E-state index contributed by atoms with van der Waals surface area (Å²) >= 11 is 0. The molecule has 0 aliphatic heterocycles. The van der Waals surface area contributed by atoms with Crippen molar-refractivity contribution in [2.75, 3.05) is 12.4 Å². The third-order valence-electron chi connectivity index (χ3n) is 4.25. The molecular formula is C22H26N4O3. The van der Waals surface area contributed by atoms with Gasteiger partial charge in [0.1, 0.15) is 0 Å². The van der Waals surface area contributed by atoms with E-state index >= 15 is 0 Å². The van der Waals surface area contributed by atoms with Crippen molar-refractivity contribution in [3.05, 3.63) is 66.4 Å². The first kappa shape index (κ1) is 20.3. The molecule has 7 heteroatoms. The smallest absolute Gasteiger partial charge is 0.320 e. The standard InChI is InChI=1S/C22H26N4O3/c1-15(2)29-19-11-10-17(14-20(19)28-4)16(3)23-22(27)24-21-12-13-26(25-21)18-8-6-5-7-9-18/h5-16H,1-4H3,(H2,23,24,25,27)/t16-/m0/s1. The Kier molecular flexibility index (Phi) is 6.39. The number of ether oxygens (including phenoxy) is 2. The number of carbonyl (C=O) groups is 1. The van der Waals surface area contributed by atoms with Crippen LogP contribution in [0.3, 0.4) is 0 Å². The fraction of sp³-hybridized carbons (Fsp3) is 0.273. The highest BCUT2D eigenvalue weighted by Gasteiger charge is 2.14. The van der Waals surface area contributed by atoms with Crippen molar-refractivity contribution in [3.8, 4) is 17.2 Å². The number of amides is 2. The first-order valence-corrected chi connectivity index (χ1v) is 9.49. The number of nitrogens with one attached hydrogen (secondary N) is 2. The molecule has 0 spiro atoms. The maximum Gasteiger partial charge on any atom is 0.320 e. The Bertz CT molecular complexity index is 954. The van der Waals surface area contributed by atoms with Crippen LogP contribution in [0, 0.1) is 0 Å². The molecule has 0 radical (unpaired) electrons. The van der Waals surface area contributed by atoms with Gasteiger partial charge < -0.3 is 14.8 Å². The summed E-state index contributed by atoms with van der Waals surface area (Å²) in [5, 5.41) is 10.0. The number of benzene rings is 2. The van der Waals surface area contributed by atoms with Crippen molar-refractivity contribution in [1.82, 2.24) is 15.1 Å². The normalized spacial score (nSPS) is 11.8. The van der Waals surface area contributed by atoms with E-state index in [1.807, 2.05) is 69.3 Å². The molecule has 7 nitrogen and oxygen atoms in total. The summed E-state index contributed by atoms with van der Waals surface area (Å²) < 4.78 is 12.9. The Morgan fingerprint density at radius 2 is 1.79 bits per heavy atom. The highest BCUT2D eigenvalue weighted by atomic mass is 16.5. The minimum atomic E-state index is -0.336. The van der Waals surface area contributed by atoms with Crippen molar-refractivity contribution in [1.29, 1.82) is 0 Å². The zero-order valence-electron chi connectivity index (χ0n) is 17.0. The van der Waals surface area contributed by atoms with Gasteiger partial charge in [0.2, 0.25) is 0 Å². The Hall–Kier alpha value is -3.48. The van der Waals surface area contributed by atoms with Gasteiger partial charge in [-0.1, -0.05) is 24.3 Å². The lowest BCUT2D eigenvalue weighted by Crippen LogP contribution is -2.31. The maximum atomic E-state index is 12.4. The molecule has 0 aliphatic rings. The van der Waals surface area contributed by atoms with Gasteiger partial charge in [0.15, 0.2) is 17.3 Å². The minimum Gasteiger partial charge on any atom is -0.493 e. The first-order chi connectivity index (χ1) is 14.0. The third kappa shape index (κ3) is 5.28. The highest BCUT2D eigenvalue weighted by molar-refractivity contribution is 5.88. The summed E-state index contributed by atoms with van der Waals surface area (Å²) in [6.45, 7) is 5.82. The molecule has 1 aromatic heterocycles. The Balaban J connectivity index is 1.63. The number of rotatable bonds is 7. The third-order valence-corrected chi connectivity index (χ3v) is 4.25. The van der Waals surface area contributed by atoms with Gasteiger partial charge in [-0.15, -0.1) is 5.10 Å². The molecule has 1 atom stereocenters. The molecule has 0 unspecified atom stereocenters. The number of methoxy groups -OCH3 is 1. The number of aromatic nitrogens is 2. The van der Waals surface area contributed by atoms with E-state index in [1.165, 1.54) is 0 Å². The quantitative estimate of drug-likeness (QED) is 0.616. The van der Waals surface area contributed by atoms with Crippen molar-refractivity contribution in [2.45, 2.75) is 32.9 Å². The second-order valence-electron chi connectivity index (χ2n) is 6.88. The van der Waals surface area contributed by atoms with Crippen LogP contribution in [0.15, 0.2) is 60.8 Å². The van der Waals surface area contributed by atoms with Gasteiger partial charge in [0, 0.05) is 12.3 Å². The fourth-order valence-electron chi connectivity index (χ4n) is 2.85. The number of urea groups is 1. The zero-order valence-corrected chi connectivity index (χ0v) is 17.0. The molecule has 2 N–H and O–H groups in total. The van der Waals surface area contributed by atoms with E-state index in [1.54, 1.807) is 24.1 Å². The van der Waals surface area contributed by atoms with Crippen LogP contribution in [0.2, 0.25) is 0 Å². The molecule has 2 aromatic carbocycles. The van der Waals surface area contributed by atoms with Crippen LogP contribution >= 0.6 is 0 Å². The lowest BCUT2D eigenvalue weighted by molar-refractivity contribution is 0.230. The lowest BCUT2D eigenvalue weighted by atomic mass is 10.1. The number of nitrogens with zero attached hydrogens (tertiary/aromatic N) is 2. The molecule has 0 fully saturated rings. The molecule has 3 aromatic rings. The molecule has 2 amide bonds. The summed E-state index contributed by atoms with van der Waals surface area (Å²) in [7, 11) is 1.60. The van der Waals surface area contributed by atoms with Crippen LogP contribution in [0.5, 0.6) is 11.5 Å². The molecule has 152 valence electrons. The minimum absolute atomic E-state index is 0.0479. The van der Waals surface area contributed by atoms with Crippen molar-refractivity contribution in [2.24, 2.45) is 0 Å². The van der Waals surface area contributed by atoms with Crippen LogP contribution in [-0.4, -0.2) is 29.0 Å².